The molecule has 0 radical (unpaired) electrons. The van der Waals surface area contributed by atoms with Gasteiger partial charge in [-0.2, -0.15) is 0 Å². The maximum Gasteiger partial charge on any atom is 0.109 e. The van der Waals surface area contributed by atoms with Crippen LogP contribution in [0, 0.1) is 5.92 Å². The van der Waals surface area contributed by atoms with E-state index in [4.69, 9.17) is 4.98 Å². The number of aromatic nitrogens is 2. The van der Waals surface area contributed by atoms with Crippen LogP contribution in [0.3, 0.4) is 0 Å². The molecule has 6 heteroatoms. The number of hydrogen-bond donors (Lipinski definition) is 2. The summed E-state index contributed by atoms with van der Waals surface area (Å²) in [6.45, 7) is 16.6. The molecule has 1 aromatic heterocycles. The van der Waals surface area contributed by atoms with Gasteiger partial charge in [0.2, 0.25) is 0 Å². The Morgan fingerprint density at radius 2 is 2.03 bits per heavy atom. The van der Waals surface area contributed by atoms with E-state index in [1.807, 2.05) is 6.08 Å². The maximum absolute atomic E-state index is 4.87. The van der Waals surface area contributed by atoms with Crippen molar-refractivity contribution in [1.82, 2.24) is 25.1 Å². The highest BCUT2D eigenvalue weighted by molar-refractivity contribution is 6.08. The lowest BCUT2D eigenvalue weighted by molar-refractivity contribution is 0.220. The standard InChI is InChI=1S/C28H36N6/c1-20(16-33-14-12-23-7-4-5-8-24(23)17-33)15-30-21(2)27-19-34-18-25(10-11-28(34)32-27)31-22(3)26-9-6-13-29-26/h4-9,19-20,25,30-31H,2-3,10-18H2,1H3. The molecule has 2 aromatic rings. The molecule has 2 N–H and O–H groups in total. The molecule has 0 fully saturated rings. The fraction of sp³-hybridized carbons (Fsp3) is 0.429. The Morgan fingerprint density at radius 1 is 1.18 bits per heavy atom. The first-order chi connectivity index (χ1) is 16.5. The molecule has 34 heavy (non-hydrogen) atoms. The van der Waals surface area contributed by atoms with Gasteiger partial charge in [-0.3, -0.25) is 9.89 Å². The Morgan fingerprint density at radius 3 is 2.85 bits per heavy atom. The molecule has 2 atom stereocenters. The highest BCUT2D eigenvalue weighted by atomic mass is 15.1. The van der Waals surface area contributed by atoms with E-state index in [0.29, 0.717) is 12.0 Å². The third-order valence-corrected chi connectivity index (χ3v) is 7.08. The summed E-state index contributed by atoms with van der Waals surface area (Å²) in [6, 6.07) is 9.18. The first-order valence-corrected chi connectivity index (χ1v) is 12.5. The van der Waals surface area contributed by atoms with E-state index in [0.717, 1.165) is 87.2 Å². The average molecular weight is 457 g/mol. The predicted molar refractivity (Wildman–Crippen MR) is 140 cm³/mol. The van der Waals surface area contributed by atoms with Crippen molar-refractivity contribution in [3.63, 3.8) is 0 Å². The first kappa shape index (κ1) is 22.7. The van der Waals surface area contributed by atoms with Gasteiger partial charge in [-0.15, -0.1) is 0 Å². The SMILES string of the molecule is C=C(NC1CCc2nc(C(=C)NCC(C)CN3CCc4ccccc4C3)cn2C1)C1=NCC=C1. The molecule has 0 amide bonds. The molecule has 5 rings (SSSR count). The number of benzene rings is 1. The fourth-order valence-corrected chi connectivity index (χ4v) is 5.19. The smallest absolute Gasteiger partial charge is 0.109 e. The van der Waals surface area contributed by atoms with Crippen LogP contribution in [-0.4, -0.2) is 52.4 Å². The minimum absolute atomic E-state index is 0.342. The third kappa shape index (κ3) is 5.17. The zero-order valence-corrected chi connectivity index (χ0v) is 20.3. The molecule has 0 spiro atoms. The van der Waals surface area contributed by atoms with Gasteiger partial charge in [0, 0.05) is 51.4 Å². The van der Waals surface area contributed by atoms with Crippen molar-refractivity contribution < 1.29 is 0 Å². The maximum atomic E-state index is 4.87. The van der Waals surface area contributed by atoms with Crippen molar-refractivity contribution in [2.24, 2.45) is 10.9 Å². The molecular formula is C28H36N6. The highest BCUT2D eigenvalue weighted by Gasteiger charge is 2.22. The van der Waals surface area contributed by atoms with E-state index in [2.05, 4.69) is 81.7 Å². The van der Waals surface area contributed by atoms with E-state index in [-0.39, 0.29) is 0 Å². The van der Waals surface area contributed by atoms with Gasteiger partial charge in [0.05, 0.1) is 23.7 Å². The Bertz CT molecular complexity index is 1120. The van der Waals surface area contributed by atoms with Crippen LogP contribution in [0.5, 0.6) is 0 Å². The van der Waals surface area contributed by atoms with Gasteiger partial charge in [0.25, 0.3) is 0 Å². The largest absolute Gasteiger partial charge is 0.383 e. The van der Waals surface area contributed by atoms with Crippen LogP contribution >= 0.6 is 0 Å². The average Bonchev–Trinajstić information content (AvgIpc) is 3.52. The van der Waals surface area contributed by atoms with Gasteiger partial charge in [0.1, 0.15) is 11.5 Å². The molecule has 1 aromatic carbocycles. The number of imidazole rings is 1. The summed E-state index contributed by atoms with van der Waals surface area (Å²) >= 11 is 0. The fourth-order valence-electron chi connectivity index (χ4n) is 5.19. The summed E-state index contributed by atoms with van der Waals surface area (Å²) in [5.41, 5.74) is 6.74. The molecule has 3 aliphatic rings. The lowest BCUT2D eigenvalue weighted by Crippen LogP contribution is -2.38. The summed E-state index contributed by atoms with van der Waals surface area (Å²) in [5, 5.41) is 7.10. The summed E-state index contributed by atoms with van der Waals surface area (Å²) < 4.78 is 2.26. The van der Waals surface area contributed by atoms with Crippen LogP contribution in [0.15, 0.2) is 66.5 Å². The van der Waals surface area contributed by atoms with Gasteiger partial charge in [-0.05, 0) is 36.0 Å². The Kier molecular flexibility index (Phi) is 6.68. The number of rotatable bonds is 9. The number of allylic oxidation sites excluding steroid dienone is 1. The summed E-state index contributed by atoms with van der Waals surface area (Å²) in [7, 11) is 0. The van der Waals surface area contributed by atoms with E-state index in [1.54, 1.807) is 0 Å². The van der Waals surface area contributed by atoms with Crippen LogP contribution < -0.4 is 10.6 Å². The summed E-state index contributed by atoms with van der Waals surface area (Å²) in [4.78, 5) is 11.9. The summed E-state index contributed by atoms with van der Waals surface area (Å²) in [6.07, 6.45) is 9.39. The Labute approximate surface area is 203 Å². The second kappa shape index (κ2) is 10.0. The van der Waals surface area contributed by atoms with Crippen LogP contribution in [0.1, 0.15) is 36.0 Å². The molecule has 0 saturated heterocycles. The quantitative estimate of drug-likeness (QED) is 0.606. The predicted octanol–water partition coefficient (Wildman–Crippen LogP) is 3.57. The molecule has 3 aliphatic heterocycles. The second-order valence-electron chi connectivity index (χ2n) is 9.90. The van der Waals surface area contributed by atoms with Crippen LogP contribution in [0.4, 0.5) is 0 Å². The van der Waals surface area contributed by atoms with Gasteiger partial charge >= 0.3 is 0 Å². The van der Waals surface area contributed by atoms with Gasteiger partial charge in [-0.25, -0.2) is 4.98 Å². The number of fused-ring (bicyclic) bond motifs is 2. The van der Waals surface area contributed by atoms with Crippen LogP contribution in [0.25, 0.3) is 5.70 Å². The zero-order valence-electron chi connectivity index (χ0n) is 20.3. The molecule has 0 aliphatic carbocycles. The third-order valence-electron chi connectivity index (χ3n) is 7.08. The lowest BCUT2D eigenvalue weighted by atomic mass is 9.99. The number of nitrogens with one attached hydrogen (secondary N) is 2. The molecule has 178 valence electrons. The molecule has 2 unspecified atom stereocenters. The van der Waals surface area contributed by atoms with Gasteiger partial charge < -0.3 is 15.2 Å². The molecule has 0 saturated carbocycles. The van der Waals surface area contributed by atoms with E-state index in [9.17, 15) is 0 Å². The number of hydrogen-bond acceptors (Lipinski definition) is 5. The number of nitrogens with zero attached hydrogens (tertiary/aromatic N) is 4. The van der Waals surface area contributed by atoms with Crippen molar-refractivity contribution in [3.8, 4) is 0 Å². The van der Waals surface area contributed by atoms with E-state index >= 15 is 0 Å². The van der Waals surface area contributed by atoms with E-state index in [1.165, 1.54) is 11.1 Å². The molecule has 0 bridgehead atoms. The second-order valence-corrected chi connectivity index (χ2v) is 9.90. The lowest BCUT2D eigenvalue weighted by Gasteiger charge is -2.31. The normalized spacial score (nSPS) is 20.3. The Hall–Kier alpha value is -3.12. The zero-order chi connectivity index (χ0) is 23.5. The highest BCUT2D eigenvalue weighted by Crippen LogP contribution is 2.21. The monoisotopic (exact) mass is 456 g/mol. The topological polar surface area (TPSA) is 57.5 Å². The van der Waals surface area contributed by atoms with Gasteiger partial charge in [-0.1, -0.05) is 50.4 Å². The van der Waals surface area contributed by atoms with Crippen molar-refractivity contribution in [1.29, 1.82) is 0 Å². The summed E-state index contributed by atoms with van der Waals surface area (Å²) in [5.74, 6) is 1.67. The van der Waals surface area contributed by atoms with Crippen molar-refractivity contribution in [2.45, 2.75) is 45.3 Å². The number of aliphatic imine (C=N–C) groups is 1. The van der Waals surface area contributed by atoms with Crippen molar-refractivity contribution in [2.75, 3.05) is 26.2 Å². The van der Waals surface area contributed by atoms with E-state index < -0.39 is 0 Å². The minimum Gasteiger partial charge on any atom is -0.383 e. The first-order valence-electron chi connectivity index (χ1n) is 12.5. The molecule has 6 nitrogen and oxygen atoms in total. The Balaban J connectivity index is 1.10. The van der Waals surface area contributed by atoms with Crippen LogP contribution in [-0.2, 0) is 25.9 Å². The minimum atomic E-state index is 0.342. The molecule has 4 heterocycles. The molecular weight excluding hydrogens is 420 g/mol. The number of aryl methyl sites for hydroxylation is 1. The van der Waals surface area contributed by atoms with Crippen molar-refractivity contribution >= 4 is 11.4 Å². The van der Waals surface area contributed by atoms with Gasteiger partial charge in [0.15, 0.2) is 0 Å². The van der Waals surface area contributed by atoms with Crippen LogP contribution in [0.2, 0.25) is 0 Å². The van der Waals surface area contributed by atoms with Crippen molar-refractivity contribution in [3.05, 3.63) is 84.1 Å².